The SMILES string of the molecule is CC(C)Oc1ccccc1NC(=O)CNC(=O)c1ccc(Cl)cc1. The number of benzene rings is 2. The largest absolute Gasteiger partial charge is 0.489 e. The molecule has 2 N–H and O–H groups in total. The second-order valence-electron chi connectivity index (χ2n) is 5.40. The molecule has 24 heavy (non-hydrogen) atoms. The maximum absolute atomic E-state index is 12.0. The number of nitrogens with one attached hydrogen (secondary N) is 2. The molecule has 2 rings (SSSR count). The van der Waals surface area contributed by atoms with Crippen LogP contribution in [0.15, 0.2) is 48.5 Å². The number of carbonyl (C=O) groups is 2. The summed E-state index contributed by atoms with van der Waals surface area (Å²) in [7, 11) is 0. The van der Waals surface area contributed by atoms with Crippen molar-refractivity contribution in [3.8, 4) is 5.75 Å². The van der Waals surface area contributed by atoms with Crippen LogP contribution in [-0.2, 0) is 4.79 Å². The molecule has 0 saturated heterocycles. The highest BCUT2D eigenvalue weighted by Gasteiger charge is 2.11. The topological polar surface area (TPSA) is 67.4 Å². The summed E-state index contributed by atoms with van der Waals surface area (Å²) in [6.45, 7) is 3.67. The summed E-state index contributed by atoms with van der Waals surface area (Å²) in [6.07, 6.45) is -0.00680. The number of rotatable bonds is 6. The van der Waals surface area contributed by atoms with Gasteiger partial charge in [-0.05, 0) is 50.2 Å². The van der Waals surface area contributed by atoms with Crippen molar-refractivity contribution >= 4 is 29.1 Å². The fourth-order valence-electron chi connectivity index (χ4n) is 1.98. The first-order valence-electron chi connectivity index (χ1n) is 7.55. The molecule has 0 saturated carbocycles. The van der Waals surface area contributed by atoms with E-state index < -0.39 is 0 Å². The van der Waals surface area contributed by atoms with Crippen molar-refractivity contribution in [1.29, 1.82) is 0 Å². The molecule has 0 radical (unpaired) electrons. The Morgan fingerprint density at radius 3 is 2.42 bits per heavy atom. The van der Waals surface area contributed by atoms with Gasteiger partial charge in [0.1, 0.15) is 5.75 Å². The highest BCUT2D eigenvalue weighted by Crippen LogP contribution is 2.24. The molecule has 0 heterocycles. The number of para-hydroxylation sites is 2. The molecule has 0 atom stereocenters. The highest BCUT2D eigenvalue weighted by molar-refractivity contribution is 6.30. The van der Waals surface area contributed by atoms with Crippen molar-refractivity contribution < 1.29 is 14.3 Å². The van der Waals surface area contributed by atoms with E-state index in [0.29, 0.717) is 22.0 Å². The van der Waals surface area contributed by atoms with Crippen LogP contribution in [0.5, 0.6) is 5.75 Å². The number of halogens is 1. The zero-order valence-corrected chi connectivity index (χ0v) is 14.3. The van der Waals surface area contributed by atoms with Crippen LogP contribution in [0.3, 0.4) is 0 Å². The minimum Gasteiger partial charge on any atom is -0.489 e. The number of ether oxygens (including phenoxy) is 1. The van der Waals surface area contributed by atoms with Crippen LogP contribution in [0.25, 0.3) is 0 Å². The molecule has 0 aromatic heterocycles. The smallest absolute Gasteiger partial charge is 0.251 e. The molecule has 0 aliphatic heterocycles. The number of amides is 2. The second kappa shape index (κ2) is 8.36. The van der Waals surface area contributed by atoms with Crippen LogP contribution in [0, 0.1) is 0 Å². The van der Waals surface area contributed by atoms with E-state index in [9.17, 15) is 9.59 Å². The Hall–Kier alpha value is -2.53. The quantitative estimate of drug-likeness (QED) is 0.841. The molecule has 0 aliphatic rings. The fourth-order valence-corrected chi connectivity index (χ4v) is 2.11. The summed E-state index contributed by atoms with van der Waals surface area (Å²) in [6, 6.07) is 13.6. The molecule has 0 unspecified atom stereocenters. The van der Waals surface area contributed by atoms with Gasteiger partial charge in [-0.3, -0.25) is 9.59 Å². The third-order valence-electron chi connectivity index (χ3n) is 3.04. The Labute approximate surface area is 146 Å². The summed E-state index contributed by atoms with van der Waals surface area (Å²) in [4.78, 5) is 24.0. The summed E-state index contributed by atoms with van der Waals surface area (Å²) in [5, 5.41) is 5.84. The first-order valence-corrected chi connectivity index (χ1v) is 7.93. The van der Waals surface area contributed by atoms with Crippen molar-refractivity contribution in [2.24, 2.45) is 0 Å². The van der Waals surface area contributed by atoms with E-state index in [2.05, 4.69) is 10.6 Å². The van der Waals surface area contributed by atoms with Gasteiger partial charge in [-0.2, -0.15) is 0 Å². The van der Waals surface area contributed by atoms with E-state index in [1.165, 1.54) is 0 Å². The Kier molecular flexibility index (Phi) is 6.21. The van der Waals surface area contributed by atoms with Gasteiger partial charge < -0.3 is 15.4 Å². The monoisotopic (exact) mass is 346 g/mol. The van der Waals surface area contributed by atoms with Crippen molar-refractivity contribution in [3.05, 3.63) is 59.1 Å². The van der Waals surface area contributed by atoms with E-state index >= 15 is 0 Å². The Morgan fingerprint density at radius 2 is 1.75 bits per heavy atom. The summed E-state index contributed by atoms with van der Waals surface area (Å²) in [5.41, 5.74) is 1.01. The molecule has 2 amide bonds. The van der Waals surface area contributed by atoms with E-state index in [1.807, 2.05) is 19.9 Å². The van der Waals surface area contributed by atoms with E-state index in [-0.39, 0.29) is 24.5 Å². The predicted octanol–water partition coefficient (Wildman–Crippen LogP) is 3.50. The highest BCUT2D eigenvalue weighted by atomic mass is 35.5. The van der Waals surface area contributed by atoms with Gasteiger partial charge in [0.05, 0.1) is 18.3 Å². The molecule has 126 valence electrons. The van der Waals surface area contributed by atoms with Crippen molar-refractivity contribution in [2.45, 2.75) is 20.0 Å². The van der Waals surface area contributed by atoms with Gasteiger partial charge in [0.2, 0.25) is 5.91 Å². The first-order chi connectivity index (χ1) is 11.5. The van der Waals surface area contributed by atoms with E-state index in [4.69, 9.17) is 16.3 Å². The second-order valence-corrected chi connectivity index (χ2v) is 5.84. The van der Waals surface area contributed by atoms with Gasteiger partial charge in [0.25, 0.3) is 5.91 Å². The average Bonchev–Trinajstić information content (AvgIpc) is 2.54. The summed E-state index contributed by atoms with van der Waals surface area (Å²) >= 11 is 5.78. The predicted molar refractivity (Wildman–Crippen MR) is 94.6 cm³/mol. The van der Waals surface area contributed by atoms with Crippen LogP contribution in [0.2, 0.25) is 5.02 Å². The van der Waals surface area contributed by atoms with Gasteiger partial charge in [-0.1, -0.05) is 23.7 Å². The lowest BCUT2D eigenvalue weighted by atomic mass is 10.2. The molecule has 6 heteroatoms. The molecule has 2 aromatic rings. The fraction of sp³-hybridized carbons (Fsp3) is 0.222. The molecule has 0 bridgehead atoms. The Morgan fingerprint density at radius 1 is 1.08 bits per heavy atom. The zero-order valence-electron chi connectivity index (χ0n) is 13.5. The Balaban J connectivity index is 1.92. The van der Waals surface area contributed by atoms with Crippen LogP contribution in [0.4, 0.5) is 5.69 Å². The lowest BCUT2D eigenvalue weighted by molar-refractivity contribution is -0.115. The molecule has 0 fully saturated rings. The normalized spacial score (nSPS) is 10.3. The molecule has 2 aromatic carbocycles. The number of carbonyl (C=O) groups excluding carboxylic acids is 2. The minimum absolute atomic E-state index is 0.00680. The van der Waals surface area contributed by atoms with Crippen LogP contribution < -0.4 is 15.4 Å². The standard InChI is InChI=1S/C18H19ClN2O3/c1-12(2)24-16-6-4-3-5-15(16)21-17(22)11-20-18(23)13-7-9-14(19)10-8-13/h3-10,12H,11H2,1-2H3,(H,20,23)(H,21,22). The molecular formula is C18H19ClN2O3. The van der Waals surface area contributed by atoms with Crippen molar-refractivity contribution in [2.75, 3.05) is 11.9 Å². The summed E-state index contributed by atoms with van der Waals surface area (Å²) in [5.74, 6) is -0.0875. The average molecular weight is 347 g/mol. The zero-order chi connectivity index (χ0) is 17.5. The lowest BCUT2D eigenvalue weighted by Crippen LogP contribution is -2.32. The number of hydrogen-bond acceptors (Lipinski definition) is 3. The number of anilines is 1. The first kappa shape index (κ1) is 17.8. The van der Waals surface area contributed by atoms with E-state index in [0.717, 1.165) is 0 Å². The summed E-state index contributed by atoms with van der Waals surface area (Å²) < 4.78 is 5.64. The third-order valence-corrected chi connectivity index (χ3v) is 3.29. The van der Waals surface area contributed by atoms with E-state index in [1.54, 1.807) is 42.5 Å². The molecule has 5 nitrogen and oxygen atoms in total. The van der Waals surface area contributed by atoms with Gasteiger partial charge in [0.15, 0.2) is 0 Å². The maximum atomic E-state index is 12.0. The van der Waals surface area contributed by atoms with Crippen LogP contribution >= 0.6 is 11.6 Å². The van der Waals surface area contributed by atoms with Gasteiger partial charge >= 0.3 is 0 Å². The van der Waals surface area contributed by atoms with Crippen LogP contribution in [0.1, 0.15) is 24.2 Å². The molecular weight excluding hydrogens is 328 g/mol. The molecule has 0 aliphatic carbocycles. The lowest BCUT2D eigenvalue weighted by Gasteiger charge is -2.15. The third kappa shape index (κ3) is 5.28. The van der Waals surface area contributed by atoms with Crippen LogP contribution in [-0.4, -0.2) is 24.5 Å². The minimum atomic E-state index is -0.339. The van der Waals surface area contributed by atoms with Gasteiger partial charge in [-0.25, -0.2) is 0 Å². The molecule has 0 spiro atoms. The van der Waals surface area contributed by atoms with Crippen molar-refractivity contribution in [1.82, 2.24) is 5.32 Å². The maximum Gasteiger partial charge on any atom is 0.251 e. The number of hydrogen-bond donors (Lipinski definition) is 2. The van der Waals surface area contributed by atoms with Gasteiger partial charge in [-0.15, -0.1) is 0 Å². The van der Waals surface area contributed by atoms with Crippen molar-refractivity contribution in [3.63, 3.8) is 0 Å². The Bertz CT molecular complexity index is 714. The van der Waals surface area contributed by atoms with Gasteiger partial charge in [0, 0.05) is 10.6 Å².